The predicted octanol–water partition coefficient (Wildman–Crippen LogP) is 5.44. The smallest absolute Gasteiger partial charge is 0.0661 e. The molecule has 0 amide bonds. The molecule has 1 aromatic carbocycles. The van der Waals surface area contributed by atoms with E-state index in [4.69, 9.17) is 0 Å². The van der Waals surface area contributed by atoms with Crippen LogP contribution in [0.3, 0.4) is 0 Å². The summed E-state index contributed by atoms with van der Waals surface area (Å²) in [7, 11) is 0. The van der Waals surface area contributed by atoms with Crippen LogP contribution in [0, 0.1) is 13.8 Å². The molecule has 104 valence electrons. The SMILES string of the molecule is C/C=C(\N=C(C)C)c1ccc(C)c(C)c1C(C)(C)C. The summed E-state index contributed by atoms with van der Waals surface area (Å²) in [5.41, 5.74) is 7.69. The van der Waals surface area contributed by atoms with Crippen LogP contribution in [0.15, 0.2) is 23.2 Å². The standard InChI is InChI=1S/C18H27N/c1-9-16(19-12(2)3)15-11-10-13(4)14(5)17(15)18(6,7)8/h9-11H,1-8H3/b16-9-. The van der Waals surface area contributed by atoms with Crippen molar-refractivity contribution in [1.29, 1.82) is 0 Å². The normalized spacial score (nSPS) is 12.5. The highest BCUT2D eigenvalue weighted by Gasteiger charge is 2.22. The molecule has 0 N–H and O–H groups in total. The highest BCUT2D eigenvalue weighted by molar-refractivity contribution is 5.86. The van der Waals surface area contributed by atoms with E-state index in [-0.39, 0.29) is 5.41 Å². The van der Waals surface area contributed by atoms with Crippen molar-refractivity contribution in [1.82, 2.24) is 0 Å². The van der Waals surface area contributed by atoms with Gasteiger partial charge in [-0.2, -0.15) is 0 Å². The zero-order chi connectivity index (χ0) is 14.8. The fourth-order valence-electron chi connectivity index (χ4n) is 2.52. The number of aliphatic imine (C=N–C) groups is 1. The second-order valence-electron chi connectivity index (χ2n) is 6.41. The second-order valence-corrected chi connectivity index (χ2v) is 6.41. The molecule has 0 unspecified atom stereocenters. The first-order chi connectivity index (χ1) is 8.68. The van der Waals surface area contributed by atoms with Crippen molar-refractivity contribution in [3.63, 3.8) is 0 Å². The minimum absolute atomic E-state index is 0.122. The van der Waals surface area contributed by atoms with Crippen molar-refractivity contribution < 1.29 is 0 Å². The van der Waals surface area contributed by atoms with Crippen LogP contribution in [-0.2, 0) is 5.41 Å². The van der Waals surface area contributed by atoms with Gasteiger partial charge in [0.15, 0.2) is 0 Å². The lowest BCUT2D eigenvalue weighted by atomic mass is 9.79. The lowest BCUT2D eigenvalue weighted by Crippen LogP contribution is -2.16. The first-order valence-corrected chi connectivity index (χ1v) is 6.97. The van der Waals surface area contributed by atoms with E-state index < -0.39 is 0 Å². The van der Waals surface area contributed by atoms with Gasteiger partial charge in [-0.3, -0.25) is 4.99 Å². The molecule has 0 bridgehead atoms. The van der Waals surface area contributed by atoms with Crippen molar-refractivity contribution in [3.05, 3.63) is 40.5 Å². The van der Waals surface area contributed by atoms with Gasteiger partial charge >= 0.3 is 0 Å². The van der Waals surface area contributed by atoms with Crippen molar-refractivity contribution in [2.75, 3.05) is 0 Å². The van der Waals surface area contributed by atoms with Crippen LogP contribution in [-0.4, -0.2) is 5.71 Å². The highest BCUT2D eigenvalue weighted by Crippen LogP contribution is 2.35. The van der Waals surface area contributed by atoms with E-state index in [1.807, 2.05) is 13.8 Å². The van der Waals surface area contributed by atoms with Crippen LogP contribution in [0.5, 0.6) is 0 Å². The summed E-state index contributed by atoms with van der Waals surface area (Å²) < 4.78 is 0. The molecule has 0 heterocycles. The van der Waals surface area contributed by atoms with Crippen LogP contribution in [0.1, 0.15) is 63.8 Å². The third-order valence-corrected chi connectivity index (χ3v) is 3.38. The Morgan fingerprint density at radius 1 is 1.11 bits per heavy atom. The lowest BCUT2D eigenvalue weighted by Gasteiger charge is -2.27. The Labute approximate surface area is 118 Å². The zero-order valence-corrected chi connectivity index (χ0v) is 13.7. The molecule has 0 saturated carbocycles. The number of allylic oxidation sites excluding steroid dienone is 1. The molecule has 0 spiro atoms. The summed E-state index contributed by atoms with van der Waals surface area (Å²) in [5, 5.41) is 0. The molecule has 0 aliphatic carbocycles. The Morgan fingerprint density at radius 2 is 1.68 bits per heavy atom. The number of aryl methyl sites for hydroxylation is 1. The quantitative estimate of drug-likeness (QED) is 0.625. The predicted molar refractivity (Wildman–Crippen MR) is 87.1 cm³/mol. The molecule has 0 aliphatic heterocycles. The van der Waals surface area contributed by atoms with Crippen molar-refractivity contribution >= 4 is 11.4 Å². The van der Waals surface area contributed by atoms with Gasteiger partial charge in [-0.05, 0) is 56.7 Å². The van der Waals surface area contributed by atoms with E-state index in [2.05, 4.69) is 64.7 Å². The Kier molecular flexibility index (Phi) is 4.73. The van der Waals surface area contributed by atoms with Crippen molar-refractivity contribution in [2.24, 2.45) is 4.99 Å². The van der Waals surface area contributed by atoms with Gasteiger partial charge < -0.3 is 0 Å². The summed E-state index contributed by atoms with van der Waals surface area (Å²) in [6.07, 6.45) is 2.10. The van der Waals surface area contributed by atoms with Gasteiger partial charge in [0.25, 0.3) is 0 Å². The van der Waals surface area contributed by atoms with E-state index in [9.17, 15) is 0 Å². The average Bonchev–Trinajstić information content (AvgIpc) is 2.27. The zero-order valence-electron chi connectivity index (χ0n) is 13.7. The minimum atomic E-state index is 0.122. The molecule has 0 fully saturated rings. The van der Waals surface area contributed by atoms with Crippen molar-refractivity contribution in [2.45, 2.75) is 60.8 Å². The Balaban J connectivity index is 3.61. The van der Waals surface area contributed by atoms with Gasteiger partial charge in [-0.1, -0.05) is 39.0 Å². The average molecular weight is 257 g/mol. The number of benzene rings is 1. The van der Waals surface area contributed by atoms with Crippen LogP contribution >= 0.6 is 0 Å². The Bertz CT molecular complexity index is 521. The van der Waals surface area contributed by atoms with Gasteiger partial charge in [0.05, 0.1) is 5.70 Å². The van der Waals surface area contributed by atoms with Crippen LogP contribution in [0.4, 0.5) is 0 Å². The third-order valence-electron chi connectivity index (χ3n) is 3.38. The third kappa shape index (κ3) is 3.56. The largest absolute Gasteiger partial charge is 0.258 e. The maximum Gasteiger partial charge on any atom is 0.0661 e. The maximum absolute atomic E-state index is 4.69. The molecule has 0 atom stereocenters. The van der Waals surface area contributed by atoms with Gasteiger partial charge in [-0.25, -0.2) is 0 Å². The van der Waals surface area contributed by atoms with Gasteiger partial charge in [0, 0.05) is 11.3 Å². The molecule has 1 nitrogen and oxygen atoms in total. The maximum atomic E-state index is 4.69. The first-order valence-electron chi connectivity index (χ1n) is 6.97. The molecule has 0 aliphatic rings. The van der Waals surface area contributed by atoms with Crippen LogP contribution in [0.2, 0.25) is 0 Å². The van der Waals surface area contributed by atoms with Gasteiger partial charge in [-0.15, -0.1) is 0 Å². The summed E-state index contributed by atoms with van der Waals surface area (Å²) in [6, 6.07) is 4.41. The second kappa shape index (κ2) is 5.73. The molecule has 1 aromatic rings. The first kappa shape index (κ1) is 15.7. The number of hydrogen-bond donors (Lipinski definition) is 0. The number of hydrogen-bond acceptors (Lipinski definition) is 1. The summed E-state index contributed by atoms with van der Waals surface area (Å²) in [6.45, 7) is 17.4. The molecule has 0 aromatic heterocycles. The monoisotopic (exact) mass is 257 g/mol. The molecular formula is C18H27N. The lowest BCUT2D eigenvalue weighted by molar-refractivity contribution is 0.583. The van der Waals surface area contributed by atoms with E-state index in [0.717, 1.165) is 11.4 Å². The fraction of sp³-hybridized carbons (Fsp3) is 0.500. The van der Waals surface area contributed by atoms with E-state index in [0.29, 0.717) is 0 Å². The highest BCUT2D eigenvalue weighted by atomic mass is 14.7. The summed E-state index contributed by atoms with van der Waals surface area (Å²) >= 11 is 0. The summed E-state index contributed by atoms with van der Waals surface area (Å²) in [5.74, 6) is 0. The fourth-order valence-corrected chi connectivity index (χ4v) is 2.52. The van der Waals surface area contributed by atoms with E-state index in [1.165, 1.54) is 22.3 Å². The molecule has 0 radical (unpaired) electrons. The Morgan fingerprint density at radius 3 is 2.11 bits per heavy atom. The molecule has 1 heteroatoms. The topological polar surface area (TPSA) is 12.4 Å². The van der Waals surface area contributed by atoms with Crippen LogP contribution in [0.25, 0.3) is 5.70 Å². The molecular weight excluding hydrogens is 230 g/mol. The van der Waals surface area contributed by atoms with E-state index >= 15 is 0 Å². The number of nitrogens with zero attached hydrogens (tertiary/aromatic N) is 1. The molecule has 0 saturated heterocycles. The summed E-state index contributed by atoms with van der Waals surface area (Å²) in [4.78, 5) is 4.69. The van der Waals surface area contributed by atoms with Gasteiger partial charge in [0.2, 0.25) is 0 Å². The number of rotatable bonds is 2. The minimum Gasteiger partial charge on any atom is -0.258 e. The van der Waals surface area contributed by atoms with Crippen molar-refractivity contribution in [3.8, 4) is 0 Å². The van der Waals surface area contributed by atoms with E-state index in [1.54, 1.807) is 0 Å². The Hall–Kier alpha value is -1.37. The van der Waals surface area contributed by atoms with Crippen LogP contribution < -0.4 is 0 Å². The van der Waals surface area contributed by atoms with Gasteiger partial charge in [0.1, 0.15) is 0 Å². The molecule has 19 heavy (non-hydrogen) atoms. The molecule has 1 rings (SSSR count).